The van der Waals surface area contributed by atoms with E-state index >= 15 is 0 Å². The summed E-state index contributed by atoms with van der Waals surface area (Å²) in [5.41, 5.74) is 9.13. The maximum Gasteiger partial charge on any atom is 0.0881 e. The molecule has 0 spiro atoms. The zero-order valence-electron chi connectivity index (χ0n) is 23.0. The molecule has 188 valence electrons. The predicted molar refractivity (Wildman–Crippen MR) is 151 cm³/mol. The molecule has 0 saturated carbocycles. The first-order valence-corrected chi connectivity index (χ1v) is 11.2. The number of hydrogen-bond donors (Lipinski definition) is 0. The molecule has 0 atom stereocenters. The Bertz CT molecular complexity index is 928. The Balaban J connectivity index is -0.00000130. The fourth-order valence-electron chi connectivity index (χ4n) is 3.12. The van der Waals surface area contributed by atoms with Crippen molar-refractivity contribution in [1.29, 1.82) is 0 Å². The summed E-state index contributed by atoms with van der Waals surface area (Å²) in [5.74, 6) is 0. The van der Waals surface area contributed by atoms with Crippen molar-refractivity contribution in [3.05, 3.63) is 104 Å². The average molecular weight is 502 g/mol. The van der Waals surface area contributed by atoms with Crippen molar-refractivity contribution in [3.8, 4) is 0 Å². The molecule has 34 heavy (non-hydrogen) atoms. The maximum absolute atomic E-state index is 4.96. The van der Waals surface area contributed by atoms with Gasteiger partial charge in [-0.3, -0.25) is 9.98 Å². The zero-order chi connectivity index (χ0) is 23.4. The Morgan fingerprint density at radius 3 is 1.15 bits per heavy atom. The standard InChI is InChI=1S/C24H25N3.2C2H6.2CH3.Fe/c1-16-17(2)23(19(4)25-21-12-8-6-9-13-21)27-24(18(16)3)20(5)26-22-14-10-7-11-15-22;2*1-2;;;/h6-15H,1-5H3;2*1-2H3;2*1H3;/q;;;2*-1;. The molecule has 0 radical (unpaired) electrons. The van der Waals surface area contributed by atoms with Crippen LogP contribution in [-0.2, 0) is 17.1 Å². The van der Waals surface area contributed by atoms with Gasteiger partial charge >= 0.3 is 0 Å². The number of para-hydroxylation sites is 2. The van der Waals surface area contributed by atoms with Crippen LogP contribution < -0.4 is 0 Å². The molecule has 0 aliphatic carbocycles. The SMILES string of the molecule is CC.CC.CC(=Nc1ccccc1)c1nc(C(C)=Nc2ccccc2)c(C)c(C)c1C.[CH3-].[CH3-].[Fe]. The third kappa shape index (κ3) is 9.75. The van der Waals surface area contributed by atoms with Crippen molar-refractivity contribution in [2.75, 3.05) is 0 Å². The Morgan fingerprint density at radius 1 is 0.559 bits per heavy atom. The topological polar surface area (TPSA) is 37.6 Å². The second-order valence-electron chi connectivity index (χ2n) is 6.75. The molecule has 0 bridgehead atoms. The van der Waals surface area contributed by atoms with Crippen LogP contribution >= 0.6 is 0 Å². The van der Waals surface area contributed by atoms with E-state index in [-0.39, 0.29) is 31.9 Å². The third-order valence-corrected chi connectivity index (χ3v) is 4.85. The van der Waals surface area contributed by atoms with Crippen molar-refractivity contribution < 1.29 is 17.1 Å². The van der Waals surface area contributed by atoms with Crippen LogP contribution in [0.4, 0.5) is 11.4 Å². The molecule has 0 unspecified atom stereocenters. The molecular weight excluding hydrogens is 458 g/mol. The van der Waals surface area contributed by atoms with Gasteiger partial charge in [0.1, 0.15) is 0 Å². The number of pyridine rings is 1. The molecule has 3 nitrogen and oxygen atoms in total. The van der Waals surface area contributed by atoms with E-state index in [0.29, 0.717) is 0 Å². The van der Waals surface area contributed by atoms with E-state index in [1.165, 1.54) is 16.7 Å². The quantitative estimate of drug-likeness (QED) is 0.199. The van der Waals surface area contributed by atoms with E-state index in [9.17, 15) is 0 Å². The van der Waals surface area contributed by atoms with Gasteiger partial charge in [-0.15, -0.1) is 0 Å². The zero-order valence-corrected chi connectivity index (χ0v) is 24.1. The monoisotopic (exact) mass is 501 g/mol. The van der Waals surface area contributed by atoms with Crippen LogP contribution in [0.1, 0.15) is 69.6 Å². The van der Waals surface area contributed by atoms with Crippen molar-refractivity contribution in [2.24, 2.45) is 9.98 Å². The van der Waals surface area contributed by atoms with E-state index in [4.69, 9.17) is 15.0 Å². The van der Waals surface area contributed by atoms with Gasteiger partial charge in [0, 0.05) is 17.1 Å². The fourth-order valence-corrected chi connectivity index (χ4v) is 3.12. The third-order valence-electron chi connectivity index (χ3n) is 4.85. The molecule has 3 aromatic rings. The minimum Gasteiger partial charge on any atom is -0.358 e. The number of aliphatic imine (C=N–C) groups is 2. The summed E-state index contributed by atoms with van der Waals surface area (Å²) >= 11 is 0. The Labute approximate surface area is 220 Å². The molecule has 0 saturated heterocycles. The smallest absolute Gasteiger partial charge is 0.0881 e. The van der Waals surface area contributed by atoms with Crippen molar-refractivity contribution >= 4 is 22.8 Å². The van der Waals surface area contributed by atoms with Crippen LogP contribution in [0.25, 0.3) is 0 Å². The number of hydrogen-bond acceptors (Lipinski definition) is 3. The van der Waals surface area contributed by atoms with Gasteiger partial charge < -0.3 is 14.9 Å². The molecule has 1 aromatic heterocycles. The minimum absolute atomic E-state index is 0. The maximum atomic E-state index is 4.96. The molecule has 0 aliphatic heterocycles. The van der Waals surface area contributed by atoms with Gasteiger partial charge in [-0.1, -0.05) is 64.1 Å². The van der Waals surface area contributed by atoms with Crippen LogP contribution in [0.15, 0.2) is 70.6 Å². The summed E-state index contributed by atoms with van der Waals surface area (Å²) in [6, 6.07) is 20.0. The molecular formula is C30H43FeN3-2. The number of aromatic nitrogens is 1. The van der Waals surface area contributed by atoms with Gasteiger partial charge in [0.25, 0.3) is 0 Å². The van der Waals surface area contributed by atoms with Crippen LogP contribution in [0.3, 0.4) is 0 Å². The van der Waals surface area contributed by atoms with Crippen LogP contribution in [0.5, 0.6) is 0 Å². The predicted octanol–water partition coefficient (Wildman–Crippen LogP) is 9.24. The summed E-state index contributed by atoms with van der Waals surface area (Å²) in [6.45, 7) is 18.4. The van der Waals surface area contributed by atoms with E-state index < -0.39 is 0 Å². The van der Waals surface area contributed by atoms with Gasteiger partial charge in [0.05, 0.1) is 34.2 Å². The first-order valence-electron chi connectivity index (χ1n) is 11.2. The minimum atomic E-state index is 0. The van der Waals surface area contributed by atoms with Gasteiger partial charge in [0.15, 0.2) is 0 Å². The van der Waals surface area contributed by atoms with Crippen molar-refractivity contribution in [3.63, 3.8) is 0 Å². The van der Waals surface area contributed by atoms with E-state index in [1.807, 2.05) is 102 Å². The number of benzene rings is 2. The summed E-state index contributed by atoms with van der Waals surface area (Å²) in [4.78, 5) is 14.5. The van der Waals surface area contributed by atoms with Crippen LogP contribution in [0.2, 0.25) is 0 Å². The second kappa shape index (κ2) is 18.8. The molecule has 1 heterocycles. The molecule has 4 heteroatoms. The van der Waals surface area contributed by atoms with E-state index in [1.54, 1.807) is 0 Å². The Morgan fingerprint density at radius 2 is 0.853 bits per heavy atom. The normalized spacial score (nSPS) is 10.1. The van der Waals surface area contributed by atoms with Gasteiger partial charge in [-0.25, -0.2) is 4.98 Å². The van der Waals surface area contributed by atoms with E-state index in [2.05, 4.69) is 20.8 Å². The summed E-state index contributed by atoms with van der Waals surface area (Å²) < 4.78 is 0. The van der Waals surface area contributed by atoms with E-state index in [0.717, 1.165) is 34.2 Å². The molecule has 0 fully saturated rings. The second-order valence-corrected chi connectivity index (χ2v) is 6.75. The van der Waals surface area contributed by atoms with Crippen LogP contribution in [0, 0.1) is 35.6 Å². The molecule has 0 N–H and O–H groups in total. The van der Waals surface area contributed by atoms with Gasteiger partial charge in [-0.05, 0) is 75.6 Å². The molecule has 0 aliphatic rings. The van der Waals surface area contributed by atoms with Crippen LogP contribution in [-0.4, -0.2) is 16.4 Å². The molecule has 2 aromatic carbocycles. The van der Waals surface area contributed by atoms with Gasteiger partial charge in [-0.2, -0.15) is 0 Å². The summed E-state index contributed by atoms with van der Waals surface area (Å²) in [6.07, 6.45) is 0. The molecule has 3 rings (SSSR count). The molecule has 0 amide bonds. The Kier molecular flexibility index (Phi) is 20.0. The first-order chi connectivity index (χ1) is 15.0. The fraction of sp³-hybridized carbons (Fsp3) is 0.300. The number of nitrogens with zero attached hydrogens (tertiary/aromatic N) is 3. The number of rotatable bonds is 4. The van der Waals surface area contributed by atoms with Crippen molar-refractivity contribution in [2.45, 2.75) is 62.3 Å². The summed E-state index contributed by atoms with van der Waals surface area (Å²) in [7, 11) is 0. The van der Waals surface area contributed by atoms with Gasteiger partial charge in [0.2, 0.25) is 0 Å². The average Bonchev–Trinajstić information content (AvgIpc) is 2.81. The first kappa shape index (κ1) is 36.0. The Hall–Kier alpha value is -2.55. The largest absolute Gasteiger partial charge is 0.358 e. The summed E-state index contributed by atoms with van der Waals surface area (Å²) in [5, 5.41) is 0. The van der Waals surface area contributed by atoms with Crippen molar-refractivity contribution in [1.82, 2.24) is 4.98 Å².